The average Bonchev–Trinajstić information content (AvgIpc) is 2.85. The number of nitrogens with zero attached hydrogens (tertiary/aromatic N) is 5. The van der Waals surface area contributed by atoms with Crippen LogP contribution in [0.2, 0.25) is 0 Å². The van der Waals surface area contributed by atoms with Crippen LogP contribution in [0.25, 0.3) is 11.5 Å². The zero-order chi connectivity index (χ0) is 12.4. The number of aromatic nitrogens is 4. The van der Waals surface area contributed by atoms with Crippen LogP contribution in [0.15, 0.2) is 10.7 Å². The summed E-state index contributed by atoms with van der Waals surface area (Å²) in [4.78, 5) is 6.35. The molecular weight excluding hydrogens is 220 g/mol. The largest absolute Gasteiger partial charge is 0.383 e. The van der Waals surface area contributed by atoms with Gasteiger partial charge in [0.1, 0.15) is 11.4 Å². The van der Waals surface area contributed by atoms with Crippen molar-refractivity contribution in [2.24, 2.45) is 7.05 Å². The number of hydrogen-bond donors (Lipinski definition) is 1. The van der Waals surface area contributed by atoms with Crippen molar-refractivity contribution in [2.75, 3.05) is 26.4 Å². The average molecular weight is 236 g/mol. The Morgan fingerprint density at radius 1 is 1.47 bits per heavy atom. The SMILES string of the molecule is CN(C)CCc1noc(-c2cnn(C)c2N)n1. The number of anilines is 1. The topological polar surface area (TPSA) is 86.0 Å². The summed E-state index contributed by atoms with van der Waals surface area (Å²) in [6.45, 7) is 0.876. The van der Waals surface area contributed by atoms with Gasteiger partial charge in [-0.15, -0.1) is 0 Å². The van der Waals surface area contributed by atoms with Crippen LogP contribution in [0.3, 0.4) is 0 Å². The van der Waals surface area contributed by atoms with E-state index in [0.717, 1.165) is 13.0 Å². The van der Waals surface area contributed by atoms with Crippen molar-refractivity contribution >= 4 is 5.82 Å². The molecule has 2 heterocycles. The lowest BCUT2D eigenvalue weighted by Crippen LogP contribution is -2.15. The van der Waals surface area contributed by atoms with Crippen LogP contribution in [0.1, 0.15) is 5.82 Å². The molecule has 2 rings (SSSR count). The first-order valence-corrected chi connectivity index (χ1v) is 5.33. The molecule has 17 heavy (non-hydrogen) atoms. The number of aryl methyl sites for hydroxylation is 1. The van der Waals surface area contributed by atoms with E-state index in [1.807, 2.05) is 14.1 Å². The second-order valence-corrected chi connectivity index (χ2v) is 4.14. The minimum Gasteiger partial charge on any atom is -0.383 e. The third kappa shape index (κ3) is 2.44. The molecule has 2 N–H and O–H groups in total. The van der Waals surface area contributed by atoms with Crippen LogP contribution in [-0.2, 0) is 13.5 Å². The van der Waals surface area contributed by atoms with Gasteiger partial charge in [0.05, 0.1) is 6.20 Å². The molecule has 0 saturated heterocycles. The molecule has 0 amide bonds. The Morgan fingerprint density at radius 2 is 2.24 bits per heavy atom. The van der Waals surface area contributed by atoms with Gasteiger partial charge in [0, 0.05) is 20.0 Å². The molecular formula is C10H16N6O. The summed E-state index contributed by atoms with van der Waals surface area (Å²) in [5, 5.41) is 7.94. The summed E-state index contributed by atoms with van der Waals surface area (Å²) in [5.74, 6) is 1.62. The molecule has 0 saturated carbocycles. The first-order valence-electron chi connectivity index (χ1n) is 5.33. The predicted molar refractivity (Wildman–Crippen MR) is 63.2 cm³/mol. The number of nitrogen functional groups attached to an aromatic ring is 1. The van der Waals surface area contributed by atoms with Crippen molar-refractivity contribution in [3.05, 3.63) is 12.0 Å². The Bertz CT molecular complexity index is 501. The zero-order valence-corrected chi connectivity index (χ0v) is 10.2. The zero-order valence-electron chi connectivity index (χ0n) is 10.2. The fourth-order valence-corrected chi connectivity index (χ4v) is 1.40. The maximum atomic E-state index is 5.83. The van der Waals surface area contributed by atoms with E-state index in [-0.39, 0.29) is 0 Å². The molecule has 0 radical (unpaired) electrons. The minimum absolute atomic E-state index is 0.421. The molecule has 0 aliphatic carbocycles. The lowest BCUT2D eigenvalue weighted by atomic mass is 10.3. The van der Waals surface area contributed by atoms with Gasteiger partial charge in [-0.2, -0.15) is 10.1 Å². The Kier molecular flexibility index (Phi) is 3.10. The Hall–Kier alpha value is -1.89. The van der Waals surface area contributed by atoms with Crippen molar-refractivity contribution in [3.63, 3.8) is 0 Å². The first-order chi connectivity index (χ1) is 8.08. The molecule has 0 aliphatic heterocycles. The minimum atomic E-state index is 0.421. The van der Waals surface area contributed by atoms with Gasteiger partial charge in [-0.25, -0.2) is 0 Å². The molecule has 7 heteroatoms. The Labute approximate surface area is 99.2 Å². The van der Waals surface area contributed by atoms with Crippen molar-refractivity contribution in [1.82, 2.24) is 24.8 Å². The Balaban J connectivity index is 2.15. The summed E-state index contributed by atoms with van der Waals surface area (Å²) in [6.07, 6.45) is 2.37. The van der Waals surface area contributed by atoms with Crippen molar-refractivity contribution in [2.45, 2.75) is 6.42 Å². The summed E-state index contributed by atoms with van der Waals surface area (Å²) in [6, 6.07) is 0. The Morgan fingerprint density at radius 3 is 2.82 bits per heavy atom. The van der Waals surface area contributed by atoms with Gasteiger partial charge in [-0.3, -0.25) is 4.68 Å². The highest BCUT2D eigenvalue weighted by Crippen LogP contribution is 2.22. The standard InChI is InChI=1S/C10H16N6O/c1-15(2)5-4-8-13-10(17-14-8)7-6-12-16(3)9(7)11/h6H,4-5,11H2,1-3H3. The van der Waals surface area contributed by atoms with Gasteiger partial charge < -0.3 is 15.2 Å². The highest BCUT2D eigenvalue weighted by molar-refractivity contribution is 5.66. The van der Waals surface area contributed by atoms with E-state index in [9.17, 15) is 0 Å². The van der Waals surface area contributed by atoms with E-state index >= 15 is 0 Å². The lowest BCUT2D eigenvalue weighted by Gasteiger charge is -2.05. The van der Waals surface area contributed by atoms with Gasteiger partial charge in [0.25, 0.3) is 5.89 Å². The monoisotopic (exact) mass is 236 g/mol. The second kappa shape index (κ2) is 4.54. The van der Waals surface area contributed by atoms with Gasteiger partial charge >= 0.3 is 0 Å². The molecule has 0 atom stereocenters. The first kappa shape index (κ1) is 11.6. The number of hydrogen-bond acceptors (Lipinski definition) is 6. The molecule has 0 fully saturated rings. The third-order valence-corrected chi connectivity index (χ3v) is 2.47. The number of rotatable bonds is 4. The summed E-state index contributed by atoms with van der Waals surface area (Å²) >= 11 is 0. The smallest absolute Gasteiger partial charge is 0.263 e. The van der Waals surface area contributed by atoms with Crippen molar-refractivity contribution in [1.29, 1.82) is 0 Å². The highest BCUT2D eigenvalue weighted by Gasteiger charge is 2.14. The summed E-state index contributed by atoms with van der Waals surface area (Å²) in [7, 11) is 5.77. The second-order valence-electron chi connectivity index (χ2n) is 4.14. The normalized spacial score (nSPS) is 11.3. The third-order valence-electron chi connectivity index (χ3n) is 2.47. The molecule has 0 aromatic carbocycles. The molecule has 92 valence electrons. The van der Waals surface area contributed by atoms with E-state index < -0.39 is 0 Å². The molecule has 0 aliphatic rings. The van der Waals surface area contributed by atoms with E-state index in [2.05, 4.69) is 20.1 Å². The van der Waals surface area contributed by atoms with Gasteiger partial charge in [-0.05, 0) is 14.1 Å². The fourth-order valence-electron chi connectivity index (χ4n) is 1.40. The quantitative estimate of drug-likeness (QED) is 0.813. The summed E-state index contributed by atoms with van der Waals surface area (Å²) in [5.41, 5.74) is 6.51. The van der Waals surface area contributed by atoms with Gasteiger partial charge in [0.2, 0.25) is 0 Å². The molecule has 0 bridgehead atoms. The van der Waals surface area contributed by atoms with Crippen LogP contribution in [-0.4, -0.2) is 45.5 Å². The van der Waals surface area contributed by atoms with Crippen molar-refractivity contribution in [3.8, 4) is 11.5 Å². The maximum absolute atomic E-state index is 5.83. The molecule has 0 unspecified atom stereocenters. The van der Waals surface area contributed by atoms with E-state index in [4.69, 9.17) is 10.3 Å². The summed E-state index contributed by atoms with van der Waals surface area (Å²) < 4.78 is 6.73. The highest BCUT2D eigenvalue weighted by atomic mass is 16.5. The van der Waals surface area contributed by atoms with Crippen LogP contribution in [0, 0.1) is 0 Å². The molecule has 2 aromatic rings. The van der Waals surface area contributed by atoms with Crippen LogP contribution >= 0.6 is 0 Å². The van der Waals surface area contributed by atoms with Crippen LogP contribution in [0.5, 0.6) is 0 Å². The lowest BCUT2D eigenvalue weighted by molar-refractivity contribution is 0.392. The van der Waals surface area contributed by atoms with E-state index in [0.29, 0.717) is 23.1 Å². The van der Waals surface area contributed by atoms with Gasteiger partial charge in [-0.1, -0.05) is 5.16 Å². The fraction of sp³-hybridized carbons (Fsp3) is 0.500. The predicted octanol–water partition coefficient (Wildman–Crippen LogP) is 0.156. The van der Waals surface area contributed by atoms with E-state index in [1.54, 1.807) is 17.9 Å². The number of nitrogens with two attached hydrogens (primary N) is 1. The number of likely N-dealkylation sites (N-methyl/N-ethyl adjacent to an activating group) is 1. The molecule has 0 spiro atoms. The van der Waals surface area contributed by atoms with E-state index in [1.165, 1.54) is 0 Å². The molecule has 2 aromatic heterocycles. The molecule has 7 nitrogen and oxygen atoms in total. The van der Waals surface area contributed by atoms with Crippen molar-refractivity contribution < 1.29 is 4.52 Å². The maximum Gasteiger partial charge on any atom is 0.263 e. The van der Waals surface area contributed by atoms with Gasteiger partial charge in [0.15, 0.2) is 5.82 Å². The van der Waals surface area contributed by atoms with Crippen LogP contribution in [0.4, 0.5) is 5.82 Å². The van der Waals surface area contributed by atoms with Crippen LogP contribution < -0.4 is 5.73 Å².